The van der Waals surface area contributed by atoms with E-state index in [-0.39, 0.29) is 17.9 Å². The normalized spacial score (nSPS) is 22.3. The monoisotopic (exact) mass is 357 g/mol. The van der Waals surface area contributed by atoms with E-state index < -0.39 is 0 Å². The minimum absolute atomic E-state index is 0.0192. The van der Waals surface area contributed by atoms with Crippen LogP contribution in [-0.4, -0.2) is 44.8 Å². The van der Waals surface area contributed by atoms with Crippen molar-refractivity contribution in [1.29, 1.82) is 0 Å². The van der Waals surface area contributed by atoms with Gasteiger partial charge in [-0.15, -0.1) is 10.2 Å². The zero-order valence-corrected chi connectivity index (χ0v) is 15.0. The van der Waals surface area contributed by atoms with Gasteiger partial charge in [0.05, 0.1) is 0 Å². The zero-order chi connectivity index (χ0) is 18.1. The summed E-state index contributed by atoms with van der Waals surface area (Å²) >= 11 is 0. The van der Waals surface area contributed by atoms with Gasteiger partial charge in [0.2, 0.25) is 0 Å². The van der Waals surface area contributed by atoms with Crippen LogP contribution in [0.4, 0.5) is 9.18 Å². The van der Waals surface area contributed by atoms with Crippen LogP contribution >= 0.6 is 0 Å². The third-order valence-electron chi connectivity index (χ3n) is 5.47. The molecule has 138 valence electrons. The van der Waals surface area contributed by atoms with Crippen LogP contribution in [0.1, 0.15) is 30.1 Å². The third-order valence-corrected chi connectivity index (χ3v) is 5.47. The predicted molar refractivity (Wildman–Crippen MR) is 95.2 cm³/mol. The maximum Gasteiger partial charge on any atom is 0.317 e. The molecule has 1 aromatic heterocycles. The average molecular weight is 357 g/mol. The first-order valence-electron chi connectivity index (χ1n) is 9.27. The first-order valence-corrected chi connectivity index (χ1v) is 9.27. The molecule has 1 aromatic carbocycles. The van der Waals surface area contributed by atoms with Crippen molar-refractivity contribution in [3.05, 3.63) is 47.3 Å². The first-order chi connectivity index (χ1) is 12.6. The molecule has 2 atom stereocenters. The number of urea groups is 1. The van der Waals surface area contributed by atoms with E-state index in [9.17, 15) is 9.18 Å². The Morgan fingerprint density at radius 1 is 1.23 bits per heavy atom. The number of benzene rings is 1. The van der Waals surface area contributed by atoms with Crippen molar-refractivity contribution in [1.82, 2.24) is 25.0 Å². The zero-order valence-electron chi connectivity index (χ0n) is 15.0. The molecular formula is C19H24FN5O. The lowest BCUT2D eigenvalue weighted by atomic mass is 9.99. The Kier molecular flexibility index (Phi) is 4.61. The van der Waals surface area contributed by atoms with Gasteiger partial charge in [0.15, 0.2) is 0 Å². The molecule has 1 N–H and O–H groups in total. The summed E-state index contributed by atoms with van der Waals surface area (Å²) in [7, 11) is 0. The number of halogens is 1. The van der Waals surface area contributed by atoms with Crippen LogP contribution in [-0.2, 0) is 19.4 Å². The number of aryl methyl sites for hydroxylation is 2. The van der Waals surface area contributed by atoms with E-state index in [1.165, 1.54) is 12.1 Å². The quantitative estimate of drug-likeness (QED) is 0.917. The summed E-state index contributed by atoms with van der Waals surface area (Å²) in [6, 6.07) is 6.81. The van der Waals surface area contributed by atoms with Crippen LogP contribution in [0.25, 0.3) is 0 Å². The lowest BCUT2D eigenvalue weighted by molar-refractivity contribution is 0.198. The minimum Gasteiger partial charge on any atom is -0.333 e. The molecule has 3 heterocycles. The molecule has 4 rings (SSSR count). The van der Waals surface area contributed by atoms with Gasteiger partial charge in [-0.1, -0.05) is 12.1 Å². The van der Waals surface area contributed by atoms with Gasteiger partial charge in [-0.05, 0) is 49.8 Å². The van der Waals surface area contributed by atoms with Crippen molar-refractivity contribution in [2.75, 3.05) is 13.1 Å². The van der Waals surface area contributed by atoms with Gasteiger partial charge < -0.3 is 14.8 Å². The molecule has 0 saturated carbocycles. The van der Waals surface area contributed by atoms with E-state index in [0.717, 1.165) is 62.5 Å². The summed E-state index contributed by atoms with van der Waals surface area (Å²) in [6.45, 7) is 4.22. The van der Waals surface area contributed by atoms with Gasteiger partial charge in [-0.25, -0.2) is 9.18 Å². The van der Waals surface area contributed by atoms with Gasteiger partial charge in [-0.3, -0.25) is 0 Å². The van der Waals surface area contributed by atoms with Gasteiger partial charge in [0.25, 0.3) is 0 Å². The maximum atomic E-state index is 13.0. The molecular weight excluding hydrogens is 333 g/mol. The number of amides is 2. The molecule has 0 radical (unpaired) electrons. The molecule has 2 unspecified atom stereocenters. The Labute approximate surface area is 152 Å². The smallest absolute Gasteiger partial charge is 0.317 e. The Bertz CT molecular complexity index is 788. The molecule has 2 aliphatic rings. The minimum atomic E-state index is -0.208. The number of carbonyl (C=O) groups is 1. The lowest BCUT2D eigenvalue weighted by Gasteiger charge is -2.27. The van der Waals surface area contributed by atoms with Crippen molar-refractivity contribution in [3.8, 4) is 0 Å². The maximum absolute atomic E-state index is 13.0. The molecule has 2 amide bonds. The highest BCUT2D eigenvalue weighted by molar-refractivity contribution is 5.74. The van der Waals surface area contributed by atoms with Crippen molar-refractivity contribution >= 4 is 6.03 Å². The Morgan fingerprint density at radius 2 is 2.04 bits per heavy atom. The molecule has 0 spiro atoms. The fourth-order valence-corrected chi connectivity index (χ4v) is 3.98. The number of fused-ring (bicyclic) bond motifs is 1. The number of aromatic nitrogens is 3. The molecule has 6 nitrogen and oxygen atoms in total. The van der Waals surface area contributed by atoms with Crippen molar-refractivity contribution in [2.24, 2.45) is 5.92 Å². The van der Waals surface area contributed by atoms with Crippen LogP contribution in [0.5, 0.6) is 0 Å². The summed E-state index contributed by atoms with van der Waals surface area (Å²) in [4.78, 5) is 14.5. The molecule has 7 heteroatoms. The Morgan fingerprint density at radius 3 is 2.85 bits per heavy atom. The fourth-order valence-electron chi connectivity index (χ4n) is 3.98. The Hall–Kier alpha value is -2.44. The SMILES string of the molecule is Cc1nnc2n1CC(NC(=O)N1CCC(Cc3ccc(F)cc3)C1)CC2. The van der Waals surface area contributed by atoms with Crippen LogP contribution in [0.3, 0.4) is 0 Å². The molecule has 1 saturated heterocycles. The molecule has 1 fully saturated rings. The van der Waals surface area contributed by atoms with Gasteiger partial charge >= 0.3 is 6.03 Å². The number of hydrogen-bond donors (Lipinski definition) is 1. The van der Waals surface area contributed by atoms with Gasteiger partial charge in [-0.2, -0.15) is 0 Å². The summed E-state index contributed by atoms with van der Waals surface area (Å²) in [5, 5.41) is 11.5. The standard InChI is InChI=1S/C19H24FN5O/c1-13-22-23-18-7-6-17(12-25(13)18)21-19(26)24-9-8-15(11-24)10-14-2-4-16(20)5-3-14/h2-5,15,17H,6-12H2,1H3,(H,21,26). The van der Waals surface area contributed by atoms with E-state index in [2.05, 4.69) is 20.1 Å². The lowest BCUT2D eigenvalue weighted by Crippen LogP contribution is -2.47. The highest BCUT2D eigenvalue weighted by atomic mass is 19.1. The highest BCUT2D eigenvalue weighted by Crippen LogP contribution is 2.22. The predicted octanol–water partition coefficient (Wildman–Crippen LogP) is 2.31. The van der Waals surface area contributed by atoms with E-state index in [0.29, 0.717) is 5.92 Å². The van der Waals surface area contributed by atoms with Gasteiger partial charge in [0.1, 0.15) is 17.5 Å². The molecule has 0 aliphatic carbocycles. The van der Waals surface area contributed by atoms with Crippen molar-refractivity contribution in [2.45, 2.75) is 45.2 Å². The van der Waals surface area contributed by atoms with Crippen LogP contribution < -0.4 is 5.32 Å². The molecule has 0 bridgehead atoms. The number of likely N-dealkylation sites (tertiary alicyclic amines) is 1. The summed E-state index contributed by atoms with van der Waals surface area (Å²) in [6.07, 6.45) is 3.62. The average Bonchev–Trinajstić information content (AvgIpc) is 3.24. The topological polar surface area (TPSA) is 63.1 Å². The van der Waals surface area contributed by atoms with Crippen molar-refractivity contribution in [3.63, 3.8) is 0 Å². The number of nitrogens with zero attached hydrogens (tertiary/aromatic N) is 4. The third kappa shape index (κ3) is 3.57. The first kappa shape index (κ1) is 17.0. The second-order valence-electron chi connectivity index (χ2n) is 7.39. The largest absolute Gasteiger partial charge is 0.333 e. The molecule has 26 heavy (non-hydrogen) atoms. The number of rotatable bonds is 3. The molecule has 2 aromatic rings. The number of hydrogen-bond acceptors (Lipinski definition) is 3. The second kappa shape index (κ2) is 7.05. The number of nitrogens with one attached hydrogen (secondary N) is 1. The highest BCUT2D eigenvalue weighted by Gasteiger charge is 2.29. The number of carbonyl (C=O) groups excluding carboxylic acids is 1. The van der Waals surface area contributed by atoms with E-state index in [4.69, 9.17) is 0 Å². The summed E-state index contributed by atoms with van der Waals surface area (Å²) in [5.74, 6) is 2.14. The van der Waals surface area contributed by atoms with E-state index >= 15 is 0 Å². The van der Waals surface area contributed by atoms with E-state index in [1.807, 2.05) is 24.0 Å². The van der Waals surface area contributed by atoms with E-state index in [1.54, 1.807) is 0 Å². The van der Waals surface area contributed by atoms with Crippen LogP contribution in [0.2, 0.25) is 0 Å². The van der Waals surface area contributed by atoms with Crippen molar-refractivity contribution < 1.29 is 9.18 Å². The molecule has 2 aliphatic heterocycles. The van der Waals surface area contributed by atoms with Crippen LogP contribution in [0, 0.1) is 18.7 Å². The Balaban J connectivity index is 1.29. The van der Waals surface area contributed by atoms with Gasteiger partial charge in [0, 0.05) is 32.1 Å². The fraction of sp³-hybridized carbons (Fsp3) is 0.526. The summed E-state index contributed by atoms with van der Waals surface area (Å²) < 4.78 is 15.1. The van der Waals surface area contributed by atoms with Crippen LogP contribution in [0.15, 0.2) is 24.3 Å². The second-order valence-corrected chi connectivity index (χ2v) is 7.39. The summed E-state index contributed by atoms with van der Waals surface area (Å²) in [5.41, 5.74) is 1.13.